The molecule has 0 aliphatic heterocycles. The Labute approximate surface area is 236 Å². The molecule has 2 amide bonds. The van der Waals surface area contributed by atoms with Gasteiger partial charge in [-0.3, -0.25) is 14.5 Å². The van der Waals surface area contributed by atoms with Gasteiger partial charge in [0, 0.05) is 16.6 Å². The zero-order valence-electron chi connectivity index (χ0n) is 22.2. The first-order valence-corrected chi connectivity index (χ1v) is 14.3. The van der Waals surface area contributed by atoms with Crippen molar-refractivity contribution in [3.63, 3.8) is 0 Å². The van der Waals surface area contributed by atoms with Gasteiger partial charge in [-0.25, -0.2) is 4.39 Å². The van der Waals surface area contributed by atoms with Gasteiger partial charge < -0.3 is 10.1 Å². The molecule has 1 N–H and O–H groups in total. The zero-order valence-corrected chi connectivity index (χ0v) is 23.0. The van der Waals surface area contributed by atoms with Crippen LogP contribution < -0.4 is 15.0 Å². The van der Waals surface area contributed by atoms with Crippen LogP contribution in [-0.2, 0) is 16.1 Å². The fourth-order valence-corrected chi connectivity index (χ4v) is 5.72. The molecule has 1 atom stereocenters. The highest BCUT2D eigenvalue weighted by Gasteiger charge is 2.35. The van der Waals surface area contributed by atoms with E-state index in [2.05, 4.69) is 20.7 Å². The molecule has 1 aliphatic carbocycles. The van der Waals surface area contributed by atoms with Gasteiger partial charge in [0.15, 0.2) is 0 Å². The predicted molar refractivity (Wildman–Crippen MR) is 150 cm³/mol. The highest BCUT2D eigenvalue weighted by molar-refractivity contribution is 7.10. The largest absolute Gasteiger partial charge is 0.494 e. The van der Waals surface area contributed by atoms with Crippen LogP contribution in [0.2, 0.25) is 0 Å². The van der Waals surface area contributed by atoms with Crippen LogP contribution in [0.5, 0.6) is 5.75 Å². The Bertz CT molecular complexity index is 1420. The summed E-state index contributed by atoms with van der Waals surface area (Å²) in [7, 11) is 0. The van der Waals surface area contributed by atoms with Gasteiger partial charge in [0.25, 0.3) is 5.91 Å². The number of thiophene rings is 1. The fraction of sp³-hybridized carbons (Fsp3) is 0.345. The van der Waals surface area contributed by atoms with Crippen molar-refractivity contribution in [2.45, 2.75) is 57.7 Å². The number of halogens is 1. The van der Waals surface area contributed by atoms with Gasteiger partial charge in [-0.2, -0.15) is 4.80 Å². The van der Waals surface area contributed by atoms with Gasteiger partial charge in [-0.1, -0.05) is 37.5 Å². The SMILES string of the molecule is CCOc1ccc(N(C(=O)Cn2nnc(-c3ccccc3F)n2)[C@@H](C(=O)NC2CCCCC2)c2cccs2)cc1. The number of hydrogen-bond donors (Lipinski definition) is 1. The summed E-state index contributed by atoms with van der Waals surface area (Å²) < 4.78 is 19.9. The highest BCUT2D eigenvalue weighted by atomic mass is 32.1. The van der Waals surface area contributed by atoms with E-state index in [0.29, 0.717) is 18.0 Å². The summed E-state index contributed by atoms with van der Waals surface area (Å²) in [5, 5.41) is 17.3. The first-order chi connectivity index (χ1) is 19.5. The number of benzene rings is 2. The first kappa shape index (κ1) is 27.4. The van der Waals surface area contributed by atoms with Crippen molar-refractivity contribution in [2.75, 3.05) is 11.5 Å². The van der Waals surface area contributed by atoms with Crippen LogP contribution in [0.3, 0.4) is 0 Å². The number of rotatable bonds is 10. The van der Waals surface area contributed by atoms with Crippen LogP contribution in [0.25, 0.3) is 11.4 Å². The monoisotopic (exact) mass is 562 g/mol. The molecule has 5 rings (SSSR count). The van der Waals surface area contributed by atoms with Gasteiger partial charge in [-0.15, -0.1) is 21.5 Å². The quantitative estimate of drug-likeness (QED) is 0.286. The predicted octanol–water partition coefficient (Wildman–Crippen LogP) is 5.16. The summed E-state index contributed by atoms with van der Waals surface area (Å²) in [6.45, 7) is 2.10. The topological polar surface area (TPSA) is 102 Å². The van der Waals surface area contributed by atoms with Crippen molar-refractivity contribution in [1.82, 2.24) is 25.5 Å². The Morgan fingerprint density at radius 3 is 2.58 bits per heavy atom. The number of hydrogen-bond acceptors (Lipinski definition) is 7. The standard InChI is InChI=1S/C29H31FN6O3S/c1-2-39-22-16-14-21(15-17-22)36(26(37)19-35-33-28(32-34-35)23-11-6-7-12-24(23)30)27(25-13-8-18-40-25)29(38)31-20-9-4-3-5-10-20/h6-8,11-18,20,27H,2-5,9-10,19H2,1H3,(H,31,38)/t27-/m1/s1. The van der Waals surface area contributed by atoms with Crippen LogP contribution >= 0.6 is 11.3 Å². The zero-order chi connectivity index (χ0) is 27.9. The minimum absolute atomic E-state index is 0.0707. The number of anilines is 1. The van der Waals surface area contributed by atoms with E-state index in [0.717, 1.165) is 41.8 Å². The van der Waals surface area contributed by atoms with Crippen molar-refractivity contribution in [3.05, 3.63) is 76.7 Å². The average molecular weight is 563 g/mol. The van der Waals surface area contributed by atoms with Gasteiger partial charge in [0.05, 0.1) is 12.2 Å². The van der Waals surface area contributed by atoms with Crippen molar-refractivity contribution < 1.29 is 18.7 Å². The Hall–Kier alpha value is -4.12. The van der Waals surface area contributed by atoms with E-state index in [9.17, 15) is 14.0 Å². The molecule has 2 aromatic carbocycles. The normalized spacial score (nSPS) is 14.4. The fourth-order valence-electron chi connectivity index (χ4n) is 4.91. The molecule has 0 saturated heterocycles. The number of amides is 2. The molecule has 4 aromatic rings. The molecule has 2 aromatic heterocycles. The molecule has 208 valence electrons. The second-order valence-corrected chi connectivity index (χ2v) is 10.6. The third-order valence-electron chi connectivity index (χ3n) is 6.81. The van der Waals surface area contributed by atoms with E-state index in [1.165, 1.54) is 22.3 Å². The maximum Gasteiger partial charge on any atom is 0.251 e. The number of ether oxygens (including phenoxy) is 1. The third-order valence-corrected chi connectivity index (χ3v) is 7.73. The summed E-state index contributed by atoms with van der Waals surface area (Å²) in [5.41, 5.74) is 0.716. The second kappa shape index (κ2) is 12.8. The Morgan fingerprint density at radius 2 is 1.88 bits per heavy atom. The number of nitrogens with zero attached hydrogens (tertiary/aromatic N) is 5. The van der Waals surface area contributed by atoms with Crippen LogP contribution in [0.1, 0.15) is 49.9 Å². The number of carbonyl (C=O) groups is 2. The van der Waals surface area contributed by atoms with Crippen LogP contribution in [0.4, 0.5) is 10.1 Å². The molecule has 40 heavy (non-hydrogen) atoms. The summed E-state index contributed by atoms with van der Waals surface area (Å²) in [5.74, 6) is -0.413. The van der Waals surface area contributed by atoms with E-state index in [1.807, 2.05) is 24.4 Å². The van der Waals surface area contributed by atoms with Gasteiger partial charge in [0.1, 0.15) is 24.2 Å². The Morgan fingerprint density at radius 1 is 1.10 bits per heavy atom. The lowest BCUT2D eigenvalue weighted by atomic mass is 9.95. The Balaban J connectivity index is 1.47. The summed E-state index contributed by atoms with van der Waals surface area (Å²) >= 11 is 1.41. The highest BCUT2D eigenvalue weighted by Crippen LogP contribution is 2.33. The molecule has 11 heteroatoms. The van der Waals surface area contributed by atoms with E-state index >= 15 is 0 Å². The average Bonchev–Trinajstić information content (AvgIpc) is 3.66. The molecular formula is C29H31FN6O3S. The molecule has 1 aliphatic rings. The summed E-state index contributed by atoms with van der Waals surface area (Å²) in [4.78, 5) is 31.2. The number of aromatic nitrogens is 4. The number of nitrogens with one attached hydrogen (secondary N) is 1. The molecule has 2 heterocycles. The third kappa shape index (κ3) is 6.36. The number of tetrazole rings is 1. The van der Waals surface area contributed by atoms with E-state index in [-0.39, 0.29) is 29.9 Å². The van der Waals surface area contributed by atoms with E-state index in [1.54, 1.807) is 42.5 Å². The van der Waals surface area contributed by atoms with E-state index in [4.69, 9.17) is 4.74 Å². The van der Waals surface area contributed by atoms with Crippen LogP contribution in [0.15, 0.2) is 66.0 Å². The minimum Gasteiger partial charge on any atom is -0.494 e. The summed E-state index contributed by atoms with van der Waals surface area (Å²) in [6, 6.07) is 16.1. The molecule has 0 spiro atoms. The smallest absolute Gasteiger partial charge is 0.251 e. The van der Waals surface area contributed by atoms with Crippen LogP contribution in [-0.4, -0.2) is 44.7 Å². The minimum atomic E-state index is -0.901. The summed E-state index contributed by atoms with van der Waals surface area (Å²) in [6.07, 6.45) is 5.14. The lowest BCUT2D eigenvalue weighted by Gasteiger charge is -2.32. The van der Waals surface area contributed by atoms with Gasteiger partial charge >= 0.3 is 0 Å². The van der Waals surface area contributed by atoms with Crippen molar-refractivity contribution in [2.24, 2.45) is 0 Å². The molecule has 0 unspecified atom stereocenters. The Kier molecular flexibility index (Phi) is 8.80. The molecular weight excluding hydrogens is 531 g/mol. The molecule has 1 fully saturated rings. The second-order valence-electron chi connectivity index (χ2n) is 9.58. The van der Waals surface area contributed by atoms with E-state index < -0.39 is 17.8 Å². The van der Waals surface area contributed by atoms with Gasteiger partial charge in [0.2, 0.25) is 11.7 Å². The lowest BCUT2D eigenvalue weighted by Crippen LogP contribution is -2.48. The van der Waals surface area contributed by atoms with Crippen molar-refractivity contribution in [3.8, 4) is 17.1 Å². The van der Waals surface area contributed by atoms with Crippen molar-refractivity contribution >= 4 is 28.8 Å². The van der Waals surface area contributed by atoms with Crippen LogP contribution in [0, 0.1) is 5.82 Å². The molecule has 1 saturated carbocycles. The van der Waals surface area contributed by atoms with Crippen molar-refractivity contribution in [1.29, 1.82) is 0 Å². The maximum absolute atomic E-state index is 14.3. The first-order valence-electron chi connectivity index (χ1n) is 13.4. The molecule has 0 bridgehead atoms. The van der Waals surface area contributed by atoms with Gasteiger partial charge in [-0.05, 0) is 72.8 Å². The molecule has 9 nitrogen and oxygen atoms in total. The lowest BCUT2D eigenvalue weighted by molar-refractivity contribution is -0.127. The number of carbonyl (C=O) groups excluding carboxylic acids is 2. The molecule has 0 radical (unpaired) electrons. The maximum atomic E-state index is 14.3.